The molecule has 45 heavy (non-hydrogen) atoms. The van der Waals surface area contributed by atoms with Gasteiger partial charge in [-0.25, -0.2) is 0 Å². The summed E-state index contributed by atoms with van der Waals surface area (Å²) in [5, 5.41) is 13.4. The molecule has 0 heterocycles. The van der Waals surface area contributed by atoms with Gasteiger partial charge in [-0.1, -0.05) is 129 Å². The summed E-state index contributed by atoms with van der Waals surface area (Å²) in [6.07, 6.45) is 11.3. The van der Waals surface area contributed by atoms with Crippen LogP contribution in [0.3, 0.4) is 0 Å². The molecule has 248 valence electrons. The molecule has 4 aromatic rings. The summed E-state index contributed by atoms with van der Waals surface area (Å²) in [5.74, 6) is 3.34. The molecule has 4 bridgehead atoms. The zero-order valence-electron chi connectivity index (χ0n) is 29.0. The van der Waals surface area contributed by atoms with Gasteiger partial charge in [-0.3, -0.25) is 4.55 Å². The number of aromatic hydroxyl groups is 1. The molecule has 0 radical (unpaired) electrons. The first-order valence-electron chi connectivity index (χ1n) is 17.3. The smallest absolute Gasteiger partial charge is 0.295 e. The molecule has 8 rings (SSSR count). The quantitative estimate of drug-likeness (QED) is 0.215. The Labute approximate surface area is 274 Å². The van der Waals surface area contributed by atoms with Crippen molar-refractivity contribution in [1.82, 2.24) is 0 Å². The Morgan fingerprint density at radius 1 is 0.644 bits per heavy atom. The van der Waals surface area contributed by atoms with Crippen LogP contribution in [0.2, 0.25) is 0 Å². The molecule has 2 N–H and O–H groups in total. The summed E-state index contributed by atoms with van der Waals surface area (Å²) in [6, 6.07) is 24.5. The summed E-state index contributed by atoms with van der Waals surface area (Å²) in [6.45, 7) is 16.5. The third-order valence-corrected chi connectivity index (χ3v) is 9.41. The third-order valence-electron chi connectivity index (χ3n) is 8.50. The summed E-state index contributed by atoms with van der Waals surface area (Å²) in [7, 11) is -4.13. The van der Waals surface area contributed by atoms with Crippen molar-refractivity contribution >= 4 is 31.7 Å². The van der Waals surface area contributed by atoms with Crippen molar-refractivity contribution < 1.29 is 18.1 Å². The van der Waals surface area contributed by atoms with Gasteiger partial charge in [-0.05, 0) is 102 Å². The van der Waals surface area contributed by atoms with Crippen LogP contribution >= 0.6 is 0 Å². The largest absolute Gasteiger partial charge is 0.508 e. The van der Waals surface area contributed by atoms with Gasteiger partial charge in [0.05, 0.1) is 0 Å². The highest BCUT2D eigenvalue weighted by Crippen LogP contribution is 2.60. The monoisotopic (exact) mass is 634 g/mol. The molecule has 4 nitrogen and oxygen atoms in total. The van der Waals surface area contributed by atoms with E-state index in [1.54, 1.807) is 35.9 Å². The van der Waals surface area contributed by atoms with E-state index >= 15 is 0 Å². The van der Waals surface area contributed by atoms with E-state index in [0.29, 0.717) is 16.6 Å². The lowest BCUT2D eigenvalue weighted by Crippen LogP contribution is -2.48. The summed E-state index contributed by atoms with van der Waals surface area (Å²) in [5.41, 5.74) is 2.04. The highest BCUT2D eigenvalue weighted by Gasteiger charge is 2.51. The van der Waals surface area contributed by atoms with Gasteiger partial charge < -0.3 is 5.11 Å². The first-order chi connectivity index (χ1) is 21.6. The lowest BCUT2D eigenvalue weighted by atomic mass is 9.48. The zero-order valence-corrected chi connectivity index (χ0v) is 29.8. The summed E-state index contributed by atoms with van der Waals surface area (Å²) in [4.78, 5) is -0.0457. The van der Waals surface area contributed by atoms with Gasteiger partial charge in [0.15, 0.2) is 0 Å². The van der Waals surface area contributed by atoms with E-state index in [1.807, 2.05) is 45.9 Å². The van der Waals surface area contributed by atoms with Crippen molar-refractivity contribution in [3.05, 3.63) is 84.4 Å². The van der Waals surface area contributed by atoms with Crippen LogP contribution in [0.15, 0.2) is 83.8 Å². The molecular formula is C40H58O4S. The molecule has 0 spiro atoms. The highest BCUT2D eigenvalue weighted by atomic mass is 32.2. The van der Waals surface area contributed by atoms with Crippen LogP contribution in [0.1, 0.15) is 112 Å². The number of benzene rings is 4. The van der Waals surface area contributed by atoms with Gasteiger partial charge >= 0.3 is 0 Å². The Hall–Kier alpha value is -2.89. The van der Waals surface area contributed by atoms with E-state index in [-0.39, 0.29) is 4.90 Å². The van der Waals surface area contributed by atoms with E-state index in [1.165, 1.54) is 62.8 Å². The molecule has 0 unspecified atom stereocenters. The Balaban J connectivity index is 0.000000256. The second-order valence-electron chi connectivity index (χ2n) is 12.3. The van der Waals surface area contributed by atoms with Gasteiger partial charge in [0.25, 0.3) is 10.1 Å². The standard InChI is InChI=1S/C20H22O.C10H8O3S.2C3H8.2C2H6/c21-19-4-2-16-8-18(3-1-17(16)9-19)20-10-13-5-14(11-20)7-15(6-13)12-20;11-14(12,13)10-7-3-5-8-4-1-2-6-9(8)10;2*1-3-2;2*1-2/h1-4,8-9,13-15,21H,5-7,10-12H2;1-7H,(H,11,12,13);2*3H2,1-2H3;2*1-2H3. The fraction of sp³-hybridized carbons (Fsp3) is 0.500. The molecule has 0 aromatic heterocycles. The van der Waals surface area contributed by atoms with Crippen molar-refractivity contribution in [2.45, 2.75) is 117 Å². The molecule has 5 heteroatoms. The minimum Gasteiger partial charge on any atom is -0.508 e. The van der Waals surface area contributed by atoms with Gasteiger partial charge in [0, 0.05) is 5.39 Å². The fourth-order valence-electron chi connectivity index (χ4n) is 7.45. The first-order valence-corrected chi connectivity index (χ1v) is 18.7. The molecule has 4 aromatic carbocycles. The highest BCUT2D eigenvalue weighted by molar-refractivity contribution is 7.86. The minimum atomic E-state index is -4.13. The van der Waals surface area contributed by atoms with Crippen LogP contribution < -0.4 is 0 Å². The molecule has 0 atom stereocenters. The van der Waals surface area contributed by atoms with Gasteiger partial charge in [-0.15, -0.1) is 0 Å². The van der Waals surface area contributed by atoms with Crippen LogP contribution in [-0.2, 0) is 15.5 Å². The predicted molar refractivity (Wildman–Crippen MR) is 194 cm³/mol. The number of phenolic OH excluding ortho intramolecular Hbond substituents is 1. The van der Waals surface area contributed by atoms with Crippen LogP contribution in [0, 0.1) is 17.8 Å². The van der Waals surface area contributed by atoms with Crippen LogP contribution in [0.5, 0.6) is 5.75 Å². The van der Waals surface area contributed by atoms with E-state index < -0.39 is 10.1 Å². The van der Waals surface area contributed by atoms with Gasteiger partial charge in [0.2, 0.25) is 0 Å². The Kier molecular flexibility index (Phi) is 15.6. The SMILES string of the molecule is CC.CC.CCC.CCC.O=S(=O)(O)c1cccc2ccccc12.Oc1ccc2cc(C34CC5CC(CC(C5)C3)C4)ccc2c1. The Morgan fingerprint density at radius 2 is 1.11 bits per heavy atom. The van der Waals surface area contributed by atoms with E-state index in [2.05, 4.69) is 52.0 Å². The van der Waals surface area contributed by atoms with Crippen molar-refractivity contribution in [2.75, 3.05) is 0 Å². The zero-order chi connectivity index (χ0) is 33.6. The van der Waals surface area contributed by atoms with Crippen molar-refractivity contribution in [3.8, 4) is 5.75 Å². The van der Waals surface area contributed by atoms with E-state index in [4.69, 9.17) is 4.55 Å². The van der Waals surface area contributed by atoms with Crippen molar-refractivity contribution in [1.29, 1.82) is 0 Å². The normalized spacial score (nSPS) is 22.1. The number of hydrogen-bond acceptors (Lipinski definition) is 3. The molecule has 4 aliphatic carbocycles. The number of phenols is 1. The maximum absolute atomic E-state index is 11.0. The first kappa shape index (κ1) is 38.3. The summed E-state index contributed by atoms with van der Waals surface area (Å²) >= 11 is 0. The van der Waals surface area contributed by atoms with E-state index in [0.717, 1.165) is 28.5 Å². The van der Waals surface area contributed by atoms with Gasteiger partial charge in [-0.2, -0.15) is 8.42 Å². The molecule has 4 aliphatic rings. The second kappa shape index (κ2) is 18.3. The summed E-state index contributed by atoms with van der Waals surface area (Å²) < 4.78 is 31.0. The molecule has 0 saturated heterocycles. The van der Waals surface area contributed by atoms with Crippen molar-refractivity contribution in [2.24, 2.45) is 17.8 Å². The topological polar surface area (TPSA) is 74.6 Å². The number of rotatable bonds is 2. The average molecular weight is 635 g/mol. The van der Waals surface area contributed by atoms with E-state index in [9.17, 15) is 13.5 Å². The molecule has 4 fully saturated rings. The second-order valence-corrected chi connectivity index (χ2v) is 13.7. The maximum atomic E-state index is 11.0. The molecule has 0 aliphatic heterocycles. The lowest BCUT2D eigenvalue weighted by molar-refractivity contribution is -0.00513. The molecule has 0 amide bonds. The Bertz CT molecular complexity index is 1510. The third kappa shape index (κ3) is 10.0. The number of fused-ring (bicyclic) bond motifs is 2. The predicted octanol–water partition coefficient (Wildman–Crippen LogP) is 12.0. The van der Waals surface area contributed by atoms with Crippen molar-refractivity contribution in [3.63, 3.8) is 0 Å². The molecular weight excluding hydrogens is 577 g/mol. The van der Waals surface area contributed by atoms with Crippen LogP contribution in [0.25, 0.3) is 21.5 Å². The lowest BCUT2D eigenvalue weighted by Gasteiger charge is -2.57. The van der Waals surface area contributed by atoms with Crippen LogP contribution in [0.4, 0.5) is 0 Å². The van der Waals surface area contributed by atoms with Gasteiger partial charge in [0.1, 0.15) is 10.6 Å². The fourth-order valence-corrected chi connectivity index (χ4v) is 8.16. The molecule has 4 saturated carbocycles. The van der Waals surface area contributed by atoms with Crippen LogP contribution in [-0.4, -0.2) is 18.1 Å². The maximum Gasteiger partial charge on any atom is 0.295 e. The number of hydrogen-bond donors (Lipinski definition) is 2. The minimum absolute atomic E-state index is 0.0457. The average Bonchev–Trinajstić information content (AvgIpc) is 3.02. The Morgan fingerprint density at radius 3 is 1.64 bits per heavy atom.